The van der Waals surface area contributed by atoms with Crippen LogP contribution in [0.2, 0.25) is 0 Å². The second kappa shape index (κ2) is 7.74. The van der Waals surface area contributed by atoms with E-state index in [1.165, 1.54) is 25.7 Å². The van der Waals surface area contributed by atoms with Crippen molar-refractivity contribution < 1.29 is 9.53 Å². The Kier molecular flexibility index (Phi) is 6.65. The number of nitrogens with one attached hydrogen (secondary N) is 1. The molecule has 0 aromatic rings. The molecule has 106 valence electrons. The zero-order valence-corrected chi connectivity index (χ0v) is 11.8. The maximum Gasteiger partial charge on any atom is 0.222 e. The molecule has 1 saturated carbocycles. The first kappa shape index (κ1) is 15.4. The van der Waals surface area contributed by atoms with Crippen LogP contribution in [0.3, 0.4) is 0 Å². The maximum atomic E-state index is 11.4. The molecular formula is C14H28N2O2. The van der Waals surface area contributed by atoms with Crippen molar-refractivity contribution in [2.45, 2.75) is 70.4 Å². The highest BCUT2D eigenvalue weighted by molar-refractivity contribution is 5.76. The first-order valence-corrected chi connectivity index (χ1v) is 7.18. The molecule has 1 amide bonds. The van der Waals surface area contributed by atoms with Gasteiger partial charge in [-0.1, -0.05) is 25.7 Å². The molecule has 0 bridgehead atoms. The third-order valence-corrected chi connectivity index (χ3v) is 3.41. The monoisotopic (exact) mass is 256 g/mol. The number of hydrogen-bond donors (Lipinski definition) is 2. The molecule has 0 heterocycles. The topological polar surface area (TPSA) is 64.3 Å². The van der Waals surface area contributed by atoms with Crippen LogP contribution in [-0.2, 0) is 9.53 Å². The summed E-state index contributed by atoms with van der Waals surface area (Å²) < 4.78 is 5.60. The number of carbonyl (C=O) groups excluding carboxylic acids is 1. The van der Waals surface area contributed by atoms with E-state index in [0.717, 1.165) is 12.8 Å². The summed E-state index contributed by atoms with van der Waals surface area (Å²) in [6.45, 7) is 4.97. The fraction of sp³-hybridized carbons (Fsp3) is 0.929. The third kappa shape index (κ3) is 6.36. The van der Waals surface area contributed by atoms with Crippen molar-refractivity contribution >= 4 is 5.91 Å². The Morgan fingerprint density at radius 1 is 1.28 bits per heavy atom. The van der Waals surface area contributed by atoms with E-state index in [0.29, 0.717) is 19.6 Å². The Morgan fingerprint density at radius 3 is 2.44 bits per heavy atom. The quantitative estimate of drug-likeness (QED) is 0.564. The lowest BCUT2D eigenvalue weighted by Gasteiger charge is -2.27. The smallest absolute Gasteiger partial charge is 0.222 e. The number of carbonyl (C=O) groups is 1. The molecule has 0 spiro atoms. The molecule has 0 aromatic carbocycles. The molecule has 0 radical (unpaired) electrons. The normalized spacial score (nSPS) is 19.6. The van der Waals surface area contributed by atoms with E-state index in [2.05, 4.69) is 5.32 Å². The van der Waals surface area contributed by atoms with Gasteiger partial charge in [-0.3, -0.25) is 4.79 Å². The van der Waals surface area contributed by atoms with E-state index in [1.54, 1.807) is 0 Å². The minimum absolute atomic E-state index is 0.0527. The molecule has 0 atom stereocenters. The number of ether oxygens (including phenoxy) is 1. The molecule has 1 rings (SSSR count). The molecule has 0 aromatic heterocycles. The van der Waals surface area contributed by atoms with E-state index in [4.69, 9.17) is 10.5 Å². The Labute approximate surface area is 111 Å². The minimum atomic E-state index is -0.162. The molecular weight excluding hydrogens is 228 g/mol. The largest absolute Gasteiger partial charge is 0.379 e. The van der Waals surface area contributed by atoms with Crippen LogP contribution >= 0.6 is 0 Å². The van der Waals surface area contributed by atoms with Crippen LogP contribution < -0.4 is 11.1 Å². The summed E-state index contributed by atoms with van der Waals surface area (Å²) in [6, 6.07) is 0.195. The van der Waals surface area contributed by atoms with Crippen molar-refractivity contribution in [1.82, 2.24) is 5.32 Å². The molecule has 4 nitrogen and oxygen atoms in total. The number of hydrogen-bond acceptors (Lipinski definition) is 3. The van der Waals surface area contributed by atoms with Crippen LogP contribution in [0, 0.1) is 0 Å². The Balaban J connectivity index is 2.14. The van der Waals surface area contributed by atoms with Gasteiger partial charge in [0.1, 0.15) is 0 Å². The van der Waals surface area contributed by atoms with E-state index < -0.39 is 0 Å². The van der Waals surface area contributed by atoms with Crippen LogP contribution in [0.15, 0.2) is 0 Å². The summed E-state index contributed by atoms with van der Waals surface area (Å²) in [6.07, 6.45) is 7.50. The van der Waals surface area contributed by atoms with Gasteiger partial charge in [-0.15, -0.1) is 0 Å². The average Bonchev–Trinajstić information content (AvgIpc) is 2.49. The summed E-state index contributed by atoms with van der Waals surface area (Å²) in [5.41, 5.74) is 6.17. The molecule has 18 heavy (non-hydrogen) atoms. The number of rotatable bonds is 6. The van der Waals surface area contributed by atoms with E-state index >= 15 is 0 Å². The fourth-order valence-electron chi connectivity index (χ4n) is 2.41. The highest BCUT2D eigenvalue weighted by Crippen LogP contribution is 2.25. The molecule has 0 aliphatic heterocycles. The number of nitrogens with two attached hydrogens (primary N) is 1. The van der Waals surface area contributed by atoms with Crippen molar-refractivity contribution in [2.75, 3.05) is 13.2 Å². The predicted octanol–water partition coefficient (Wildman–Crippen LogP) is 1.97. The van der Waals surface area contributed by atoms with Gasteiger partial charge in [0.15, 0.2) is 0 Å². The van der Waals surface area contributed by atoms with E-state index in [9.17, 15) is 4.79 Å². The molecule has 1 aliphatic carbocycles. The first-order chi connectivity index (χ1) is 8.52. The lowest BCUT2D eigenvalue weighted by Crippen LogP contribution is -2.44. The molecule has 0 unspecified atom stereocenters. The second-order valence-corrected chi connectivity index (χ2v) is 5.80. The van der Waals surface area contributed by atoms with Gasteiger partial charge in [-0.05, 0) is 26.7 Å². The SMILES string of the molecule is CC(C)NC(=O)CCOCC1(N)CCCCCC1. The van der Waals surface area contributed by atoms with Crippen molar-refractivity contribution in [2.24, 2.45) is 5.73 Å². The van der Waals surface area contributed by atoms with Gasteiger partial charge in [0, 0.05) is 18.0 Å². The summed E-state index contributed by atoms with van der Waals surface area (Å²) in [5.74, 6) is 0.0527. The fourth-order valence-corrected chi connectivity index (χ4v) is 2.41. The Bertz CT molecular complexity index is 246. The van der Waals surface area contributed by atoms with Gasteiger partial charge in [-0.25, -0.2) is 0 Å². The molecule has 4 heteroatoms. The van der Waals surface area contributed by atoms with Crippen molar-refractivity contribution in [3.05, 3.63) is 0 Å². The van der Waals surface area contributed by atoms with Crippen LogP contribution in [-0.4, -0.2) is 30.7 Å². The molecule has 0 saturated heterocycles. The standard InChI is InChI=1S/C14H28N2O2/c1-12(2)16-13(17)7-10-18-11-14(15)8-5-3-4-6-9-14/h12H,3-11,15H2,1-2H3,(H,16,17). The number of amides is 1. The van der Waals surface area contributed by atoms with Crippen LogP contribution in [0.25, 0.3) is 0 Å². The van der Waals surface area contributed by atoms with Crippen molar-refractivity contribution in [3.8, 4) is 0 Å². The zero-order valence-electron chi connectivity index (χ0n) is 11.8. The third-order valence-electron chi connectivity index (χ3n) is 3.41. The minimum Gasteiger partial charge on any atom is -0.379 e. The van der Waals surface area contributed by atoms with Crippen LogP contribution in [0.5, 0.6) is 0 Å². The molecule has 3 N–H and O–H groups in total. The van der Waals surface area contributed by atoms with Crippen molar-refractivity contribution in [3.63, 3.8) is 0 Å². The highest BCUT2D eigenvalue weighted by Gasteiger charge is 2.26. The Hall–Kier alpha value is -0.610. The van der Waals surface area contributed by atoms with E-state index in [-0.39, 0.29) is 17.5 Å². The van der Waals surface area contributed by atoms with Gasteiger partial charge in [0.2, 0.25) is 5.91 Å². The predicted molar refractivity (Wildman–Crippen MR) is 73.3 cm³/mol. The van der Waals surface area contributed by atoms with Crippen LogP contribution in [0.1, 0.15) is 58.8 Å². The molecule has 1 fully saturated rings. The zero-order chi connectivity index (χ0) is 13.4. The molecule has 1 aliphatic rings. The highest BCUT2D eigenvalue weighted by atomic mass is 16.5. The van der Waals surface area contributed by atoms with Gasteiger partial charge in [0.25, 0.3) is 0 Å². The maximum absolute atomic E-state index is 11.4. The van der Waals surface area contributed by atoms with Crippen molar-refractivity contribution in [1.29, 1.82) is 0 Å². The second-order valence-electron chi connectivity index (χ2n) is 5.80. The van der Waals surface area contributed by atoms with E-state index in [1.807, 2.05) is 13.8 Å². The average molecular weight is 256 g/mol. The summed E-state index contributed by atoms with van der Waals surface area (Å²) in [4.78, 5) is 11.4. The van der Waals surface area contributed by atoms with Crippen LogP contribution in [0.4, 0.5) is 0 Å². The summed E-state index contributed by atoms with van der Waals surface area (Å²) in [7, 11) is 0. The lowest BCUT2D eigenvalue weighted by atomic mass is 9.93. The van der Waals surface area contributed by atoms with Gasteiger partial charge >= 0.3 is 0 Å². The lowest BCUT2D eigenvalue weighted by molar-refractivity contribution is -0.122. The Morgan fingerprint density at radius 2 is 1.89 bits per heavy atom. The van der Waals surface area contributed by atoms with Gasteiger partial charge < -0.3 is 15.8 Å². The summed E-state index contributed by atoms with van der Waals surface area (Å²) in [5, 5.41) is 2.85. The van der Waals surface area contributed by atoms with Gasteiger partial charge in [0.05, 0.1) is 13.2 Å². The first-order valence-electron chi connectivity index (χ1n) is 7.18. The van der Waals surface area contributed by atoms with Gasteiger partial charge in [-0.2, -0.15) is 0 Å². The summed E-state index contributed by atoms with van der Waals surface area (Å²) >= 11 is 0.